The molecule has 22 heavy (non-hydrogen) atoms. The number of benzene rings is 1. The van der Waals surface area contributed by atoms with Crippen molar-refractivity contribution in [1.29, 1.82) is 0 Å². The number of rotatable bonds is 5. The molecule has 0 fully saturated rings. The van der Waals surface area contributed by atoms with Gasteiger partial charge < -0.3 is 10.1 Å². The molecule has 3 aromatic rings. The van der Waals surface area contributed by atoms with Crippen LogP contribution in [-0.4, -0.2) is 29.2 Å². The van der Waals surface area contributed by atoms with E-state index in [0.29, 0.717) is 12.2 Å². The number of carbonyl (C=O) groups excluding carboxylic acids is 1. The van der Waals surface area contributed by atoms with E-state index in [0.717, 1.165) is 23.3 Å². The average Bonchev–Trinajstić information content (AvgIpc) is 2.99. The maximum atomic E-state index is 12.1. The molecule has 2 heterocycles. The van der Waals surface area contributed by atoms with E-state index in [1.54, 1.807) is 17.7 Å². The highest BCUT2D eigenvalue weighted by molar-refractivity contribution is 5.93. The van der Waals surface area contributed by atoms with Crippen molar-refractivity contribution in [3.63, 3.8) is 0 Å². The fourth-order valence-electron chi connectivity index (χ4n) is 2.29. The lowest BCUT2D eigenvalue weighted by molar-refractivity contribution is 0.0949. The highest BCUT2D eigenvalue weighted by Crippen LogP contribution is 2.12. The van der Waals surface area contributed by atoms with Crippen LogP contribution in [0.5, 0.6) is 5.75 Å². The Morgan fingerprint density at radius 3 is 2.95 bits per heavy atom. The zero-order chi connectivity index (χ0) is 15.4. The minimum absolute atomic E-state index is 0.161. The molecule has 0 saturated heterocycles. The number of fused-ring (bicyclic) bond motifs is 1. The number of hydrogen-bond donors (Lipinski definition) is 1. The fourth-order valence-corrected chi connectivity index (χ4v) is 2.29. The molecular weight excluding hydrogens is 278 g/mol. The predicted octanol–water partition coefficient (Wildman–Crippen LogP) is 2.32. The zero-order valence-corrected chi connectivity index (χ0v) is 12.3. The second-order valence-corrected chi connectivity index (χ2v) is 4.96. The van der Waals surface area contributed by atoms with Crippen molar-refractivity contribution < 1.29 is 9.53 Å². The quantitative estimate of drug-likeness (QED) is 0.786. The Kier molecular flexibility index (Phi) is 4.05. The van der Waals surface area contributed by atoms with E-state index >= 15 is 0 Å². The fraction of sp³-hybridized carbons (Fsp3) is 0.176. The third-order valence-electron chi connectivity index (χ3n) is 3.44. The molecule has 0 radical (unpaired) electrons. The molecule has 0 bridgehead atoms. The lowest BCUT2D eigenvalue weighted by Crippen LogP contribution is -2.26. The highest BCUT2D eigenvalue weighted by Gasteiger charge is 2.09. The number of nitrogens with one attached hydrogen (secondary N) is 1. The van der Waals surface area contributed by atoms with Crippen LogP contribution < -0.4 is 10.1 Å². The van der Waals surface area contributed by atoms with E-state index in [4.69, 9.17) is 4.74 Å². The van der Waals surface area contributed by atoms with Crippen molar-refractivity contribution in [1.82, 2.24) is 14.9 Å². The second kappa shape index (κ2) is 6.30. The highest BCUT2D eigenvalue weighted by atomic mass is 16.5. The van der Waals surface area contributed by atoms with E-state index in [-0.39, 0.29) is 5.91 Å². The van der Waals surface area contributed by atoms with Crippen molar-refractivity contribution in [2.24, 2.45) is 0 Å². The average molecular weight is 295 g/mol. The summed E-state index contributed by atoms with van der Waals surface area (Å²) in [6.45, 7) is 0.555. The predicted molar refractivity (Wildman–Crippen MR) is 84.2 cm³/mol. The van der Waals surface area contributed by atoms with Crippen molar-refractivity contribution in [3.05, 3.63) is 66.0 Å². The van der Waals surface area contributed by atoms with Crippen LogP contribution in [0.3, 0.4) is 0 Å². The van der Waals surface area contributed by atoms with Gasteiger partial charge >= 0.3 is 0 Å². The lowest BCUT2D eigenvalue weighted by Gasteiger charge is -2.05. The molecule has 0 aliphatic rings. The molecular formula is C17H17N3O2. The summed E-state index contributed by atoms with van der Waals surface area (Å²) >= 11 is 0. The zero-order valence-electron chi connectivity index (χ0n) is 12.3. The first-order chi connectivity index (χ1) is 10.8. The monoisotopic (exact) mass is 295 g/mol. The molecule has 0 spiro atoms. The Balaban J connectivity index is 1.60. The molecule has 1 amide bonds. The van der Waals surface area contributed by atoms with E-state index in [2.05, 4.69) is 10.4 Å². The third-order valence-corrected chi connectivity index (χ3v) is 3.44. The van der Waals surface area contributed by atoms with Crippen LogP contribution in [0, 0.1) is 0 Å². The molecule has 1 N–H and O–H groups in total. The van der Waals surface area contributed by atoms with Crippen molar-refractivity contribution >= 4 is 11.4 Å². The van der Waals surface area contributed by atoms with Crippen LogP contribution in [0.1, 0.15) is 16.1 Å². The molecule has 0 unspecified atom stereocenters. The molecule has 3 rings (SSSR count). The maximum absolute atomic E-state index is 12.1. The lowest BCUT2D eigenvalue weighted by atomic mass is 10.1. The number of aromatic nitrogens is 2. The molecule has 112 valence electrons. The van der Waals surface area contributed by atoms with Gasteiger partial charge in [0.05, 0.1) is 12.6 Å². The van der Waals surface area contributed by atoms with Gasteiger partial charge in [0.25, 0.3) is 5.91 Å². The SMILES string of the molecule is COc1cccc(CCNC(=O)c2cc3ccccn3n2)c1. The summed E-state index contributed by atoms with van der Waals surface area (Å²) in [7, 11) is 1.64. The summed E-state index contributed by atoms with van der Waals surface area (Å²) in [5.74, 6) is 0.663. The Hall–Kier alpha value is -2.82. The van der Waals surface area contributed by atoms with E-state index in [1.807, 2.05) is 48.7 Å². The van der Waals surface area contributed by atoms with Gasteiger partial charge in [0, 0.05) is 12.7 Å². The Labute approximate surface area is 128 Å². The largest absolute Gasteiger partial charge is 0.497 e. The van der Waals surface area contributed by atoms with Crippen molar-refractivity contribution in [3.8, 4) is 5.75 Å². The summed E-state index contributed by atoms with van der Waals surface area (Å²) in [4.78, 5) is 12.1. The molecule has 5 heteroatoms. The van der Waals surface area contributed by atoms with Gasteiger partial charge in [-0.3, -0.25) is 4.79 Å². The van der Waals surface area contributed by atoms with Crippen molar-refractivity contribution in [2.75, 3.05) is 13.7 Å². The van der Waals surface area contributed by atoms with Crippen LogP contribution in [0.2, 0.25) is 0 Å². The number of hydrogen-bond acceptors (Lipinski definition) is 3. The molecule has 0 atom stereocenters. The molecule has 0 aliphatic carbocycles. The van der Waals surface area contributed by atoms with Crippen molar-refractivity contribution in [2.45, 2.75) is 6.42 Å². The van der Waals surface area contributed by atoms with Gasteiger partial charge in [0.15, 0.2) is 5.69 Å². The van der Waals surface area contributed by atoms with Gasteiger partial charge in [0.1, 0.15) is 5.75 Å². The first kappa shape index (κ1) is 14.1. The van der Waals surface area contributed by atoms with Gasteiger partial charge in [-0.25, -0.2) is 4.52 Å². The number of ether oxygens (including phenoxy) is 1. The van der Waals surface area contributed by atoms with E-state index in [9.17, 15) is 4.79 Å². The first-order valence-electron chi connectivity index (χ1n) is 7.12. The Bertz CT molecular complexity index is 762. The van der Waals surface area contributed by atoms with Gasteiger partial charge in [-0.05, 0) is 42.3 Å². The number of pyridine rings is 1. The van der Waals surface area contributed by atoms with Gasteiger partial charge in [-0.1, -0.05) is 18.2 Å². The Morgan fingerprint density at radius 2 is 2.14 bits per heavy atom. The normalized spacial score (nSPS) is 10.6. The van der Waals surface area contributed by atoms with Crippen LogP contribution in [0.15, 0.2) is 54.7 Å². The van der Waals surface area contributed by atoms with Gasteiger partial charge in [-0.2, -0.15) is 5.10 Å². The van der Waals surface area contributed by atoms with Crippen LogP contribution in [0.4, 0.5) is 0 Å². The van der Waals surface area contributed by atoms with Crippen LogP contribution >= 0.6 is 0 Å². The molecule has 0 aliphatic heterocycles. The molecule has 1 aromatic carbocycles. The number of carbonyl (C=O) groups is 1. The summed E-state index contributed by atoms with van der Waals surface area (Å²) in [6.07, 6.45) is 2.57. The third kappa shape index (κ3) is 3.09. The van der Waals surface area contributed by atoms with E-state index in [1.165, 1.54) is 0 Å². The molecule has 5 nitrogen and oxygen atoms in total. The summed E-state index contributed by atoms with van der Waals surface area (Å²) in [6, 6.07) is 15.3. The number of amides is 1. The molecule has 2 aromatic heterocycles. The second-order valence-electron chi connectivity index (χ2n) is 4.96. The maximum Gasteiger partial charge on any atom is 0.271 e. The Morgan fingerprint density at radius 1 is 1.23 bits per heavy atom. The summed E-state index contributed by atoms with van der Waals surface area (Å²) in [5.41, 5.74) is 2.45. The minimum Gasteiger partial charge on any atom is -0.497 e. The van der Waals surface area contributed by atoms with Crippen LogP contribution in [0.25, 0.3) is 5.52 Å². The van der Waals surface area contributed by atoms with E-state index < -0.39 is 0 Å². The summed E-state index contributed by atoms with van der Waals surface area (Å²) in [5, 5.41) is 7.14. The first-order valence-corrected chi connectivity index (χ1v) is 7.12. The van der Waals surface area contributed by atoms with Gasteiger partial charge in [-0.15, -0.1) is 0 Å². The smallest absolute Gasteiger partial charge is 0.271 e. The summed E-state index contributed by atoms with van der Waals surface area (Å²) < 4.78 is 6.88. The topological polar surface area (TPSA) is 55.6 Å². The standard InChI is InChI=1S/C17H17N3O2/c1-22-15-7-4-5-13(11-15)8-9-18-17(21)16-12-14-6-2-3-10-20(14)19-16/h2-7,10-12H,8-9H2,1H3,(H,18,21). The minimum atomic E-state index is -0.161. The molecule has 0 saturated carbocycles. The number of methoxy groups -OCH3 is 1. The number of nitrogens with zero attached hydrogens (tertiary/aromatic N) is 2. The van der Waals surface area contributed by atoms with Crippen LogP contribution in [-0.2, 0) is 6.42 Å². The van der Waals surface area contributed by atoms with Gasteiger partial charge in [0.2, 0.25) is 0 Å².